The molecule has 1 aliphatic rings. The van der Waals surface area contributed by atoms with Crippen LogP contribution in [0.2, 0.25) is 10.0 Å². The Morgan fingerprint density at radius 3 is 2.54 bits per heavy atom. The van der Waals surface area contributed by atoms with Gasteiger partial charge in [0, 0.05) is 38.8 Å². The van der Waals surface area contributed by atoms with Crippen molar-refractivity contribution in [2.24, 2.45) is 7.05 Å². The average Bonchev–Trinajstić information content (AvgIpc) is 2.63. The minimum absolute atomic E-state index is 0.170. The number of nitrogens with two attached hydrogens (primary N) is 1. The SMILES string of the molecule is CCCN1CCN(c2nc(N)c(-c3cccc(Cl)c3Cl)c(=O)n2C)CC1. The highest BCUT2D eigenvalue weighted by Gasteiger charge is 2.23. The summed E-state index contributed by atoms with van der Waals surface area (Å²) in [6.45, 7) is 6.80. The molecular formula is C18H23Cl2N5O. The van der Waals surface area contributed by atoms with Gasteiger partial charge < -0.3 is 10.6 Å². The normalized spacial score (nSPS) is 15.5. The molecule has 0 atom stereocenters. The Hall–Kier alpha value is -1.76. The molecule has 2 heterocycles. The summed E-state index contributed by atoms with van der Waals surface area (Å²) in [4.78, 5) is 22.0. The molecule has 0 radical (unpaired) electrons. The van der Waals surface area contributed by atoms with Crippen LogP contribution in [0.5, 0.6) is 0 Å². The number of piperazine rings is 1. The monoisotopic (exact) mass is 395 g/mol. The Balaban J connectivity index is 1.97. The van der Waals surface area contributed by atoms with Crippen LogP contribution in [0.4, 0.5) is 11.8 Å². The number of hydrogen-bond donors (Lipinski definition) is 1. The molecule has 2 N–H and O–H groups in total. The molecule has 8 heteroatoms. The number of benzene rings is 1. The maximum absolute atomic E-state index is 13.0. The fourth-order valence-corrected chi connectivity index (χ4v) is 3.72. The molecule has 1 saturated heterocycles. The minimum atomic E-state index is -0.229. The second-order valence-corrected chi connectivity index (χ2v) is 7.25. The summed E-state index contributed by atoms with van der Waals surface area (Å²) in [6, 6.07) is 5.14. The molecule has 1 aromatic carbocycles. The van der Waals surface area contributed by atoms with Crippen molar-refractivity contribution in [3.05, 3.63) is 38.6 Å². The van der Waals surface area contributed by atoms with E-state index in [-0.39, 0.29) is 16.9 Å². The van der Waals surface area contributed by atoms with E-state index in [1.54, 1.807) is 29.8 Å². The molecule has 26 heavy (non-hydrogen) atoms. The third-order valence-electron chi connectivity index (χ3n) is 4.71. The van der Waals surface area contributed by atoms with Gasteiger partial charge in [0.1, 0.15) is 5.82 Å². The average molecular weight is 396 g/mol. The van der Waals surface area contributed by atoms with Crippen molar-refractivity contribution < 1.29 is 0 Å². The van der Waals surface area contributed by atoms with Gasteiger partial charge in [-0.15, -0.1) is 0 Å². The van der Waals surface area contributed by atoms with Gasteiger partial charge in [-0.2, -0.15) is 4.98 Å². The molecule has 0 bridgehead atoms. The molecule has 1 aromatic heterocycles. The predicted octanol–water partition coefficient (Wildman–Crippen LogP) is 2.87. The Morgan fingerprint density at radius 1 is 1.19 bits per heavy atom. The van der Waals surface area contributed by atoms with Gasteiger partial charge in [0.25, 0.3) is 5.56 Å². The summed E-state index contributed by atoms with van der Waals surface area (Å²) < 4.78 is 1.54. The third kappa shape index (κ3) is 3.54. The quantitative estimate of drug-likeness (QED) is 0.861. The van der Waals surface area contributed by atoms with Gasteiger partial charge in [-0.1, -0.05) is 42.3 Å². The molecule has 1 aliphatic heterocycles. The van der Waals surface area contributed by atoms with Crippen LogP contribution >= 0.6 is 23.2 Å². The fourth-order valence-electron chi connectivity index (χ4n) is 3.33. The number of nitrogens with zero attached hydrogens (tertiary/aromatic N) is 4. The van der Waals surface area contributed by atoms with Crippen LogP contribution in [0.15, 0.2) is 23.0 Å². The molecule has 3 rings (SSSR count). The van der Waals surface area contributed by atoms with Crippen molar-refractivity contribution in [1.29, 1.82) is 0 Å². The Labute approximate surface area is 163 Å². The fraction of sp³-hybridized carbons (Fsp3) is 0.444. The minimum Gasteiger partial charge on any atom is -0.383 e. The van der Waals surface area contributed by atoms with E-state index in [9.17, 15) is 4.79 Å². The highest BCUT2D eigenvalue weighted by Crippen LogP contribution is 2.34. The molecule has 2 aromatic rings. The lowest BCUT2D eigenvalue weighted by molar-refractivity contribution is 0.256. The first-order chi connectivity index (χ1) is 12.4. The van der Waals surface area contributed by atoms with E-state index in [4.69, 9.17) is 28.9 Å². The zero-order valence-corrected chi connectivity index (χ0v) is 16.5. The lowest BCUT2D eigenvalue weighted by Gasteiger charge is -2.35. The van der Waals surface area contributed by atoms with E-state index in [2.05, 4.69) is 21.7 Å². The zero-order valence-electron chi connectivity index (χ0n) is 15.0. The van der Waals surface area contributed by atoms with Gasteiger partial charge in [0.2, 0.25) is 5.95 Å². The molecule has 140 valence electrons. The van der Waals surface area contributed by atoms with Gasteiger partial charge in [-0.25, -0.2) is 0 Å². The summed E-state index contributed by atoms with van der Waals surface area (Å²) in [6.07, 6.45) is 1.14. The van der Waals surface area contributed by atoms with Crippen LogP contribution in [0.3, 0.4) is 0 Å². The van der Waals surface area contributed by atoms with E-state index in [0.29, 0.717) is 21.6 Å². The second-order valence-electron chi connectivity index (χ2n) is 6.47. The number of aromatic nitrogens is 2. The molecule has 0 unspecified atom stereocenters. The van der Waals surface area contributed by atoms with Crippen molar-refractivity contribution in [2.45, 2.75) is 13.3 Å². The number of hydrogen-bond acceptors (Lipinski definition) is 5. The molecule has 0 saturated carbocycles. The highest BCUT2D eigenvalue weighted by atomic mass is 35.5. The summed E-state index contributed by atoms with van der Waals surface area (Å²) in [7, 11) is 1.71. The number of anilines is 2. The van der Waals surface area contributed by atoms with Crippen LogP contribution in [0, 0.1) is 0 Å². The second kappa shape index (κ2) is 7.86. The highest BCUT2D eigenvalue weighted by molar-refractivity contribution is 6.43. The van der Waals surface area contributed by atoms with Crippen LogP contribution in [0.25, 0.3) is 11.1 Å². The van der Waals surface area contributed by atoms with Crippen LogP contribution < -0.4 is 16.2 Å². The van der Waals surface area contributed by atoms with E-state index in [1.165, 1.54) is 0 Å². The Morgan fingerprint density at radius 2 is 1.88 bits per heavy atom. The van der Waals surface area contributed by atoms with Crippen molar-refractivity contribution in [2.75, 3.05) is 43.4 Å². The largest absolute Gasteiger partial charge is 0.383 e. The first kappa shape index (κ1) is 19.0. The summed E-state index contributed by atoms with van der Waals surface area (Å²) in [5.74, 6) is 0.758. The third-order valence-corrected chi connectivity index (χ3v) is 5.53. The number of halogens is 2. The van der Waals surface area contributed by atoms with E-state index < -0.39 is 0 Å². The van der Waals surface area contributed by atoms with Gasteiger partial charge in [-0.3, -0.25) is 14.3 Å². The van der Waals surface area contributed by atoms with Crippen LogP contribution in [-0.4, -0.2) is 47.2 Å². The van der Waals surface area contributed by atoms with Crippen LogP contribution in [-0.2, 0) is 7.05 Å². The van der Waals surface area contributed by atoms with Gasteiger partial charge >= 0.3 is 0 Å². The van der Waals surface area contributed by atoms with E-state index in [1.807, 2.05) is 0 Å². The number of rotatable bonds is 4. The van der Waals surface area contributed by atoms with Crippen molar-refractivity contribution in [1.82, 2.24) is 14.5 Å². The molecule has 0 spiro atoms. The Kier molecular flexibility index (Phi) is 5.75. The molecule has 0 aliphatic carbocycles. The lowest BCUT2D eigenvalue weighted by atomic mass is 10.1. The summed E-state index contributed by atoms with van der Waals surface area (Å²) >= 11 is 12.4. The molecule has 6 nitrogen and oxygen atoms in total. The number of nitrogen functional groups attached to an aromatic ring is 1. The van der Waals surface area contributed by atoms with Crippen molar-refractivity contribution in [3.63, 3.8) is 0 Å². The smallest absolute Gasteiger partial charge is 0.264 e. The van der Waals surface area contributed by atoms with E-state index >= 15 is 0 Å². The maximum atomic E-state index is 13.0. The van der Waals surface area contributed by atoms with Crippen molar-refractivity contribution >= 4 is 35.0 Å². The van der Waals surface area contributed by atoms with Crippen LogP contribution in [0.1, 0.15) is 13.3 Å². The van der Waals surface area contributed by atoms with Gasteiger partial charge in [0.05, 0.1) is 15.6 Å². The maximum Gasteiger partial charge on any atom is 0.264 e. The Bertz CT molecular complexity index is 859. The molecule has 1 fully saturated rings. The van der Waals surface area contributed by atoms with Gasteiger partial charge in [-0.05, 0) is 19.0 Å². The van der Waals surface area contributed by atoms with Crippen molar-refractivity contribution in [3.8, 4) is 11.1 Å². The topological polar surface area (TPSA) is 67.4 Å². The first-order valence-electron chi connectivity index (χ1n) is 8.72. The van der Waals surface area contributed by atoms with Gasteiger partial charge in [0.15, 0.2) is 0 Å². The molecular weight excluding hydrogens is 373 g/mol. The lowest BCUT2D eigenvalue weighted by Crippen LogP contribution is -2.48. The predicted molar refractivity (Wildman–Crippen MR) is 108 cm³/mol. The first-order valence-corrected chi connectivity index (χ1v) is 9.47. The summed E-state index contributed by atoms with van der Waals surface area (Å²) in [5.41, 5.74) is 6.72. The standard InChI is InChI=1S/C18H23Cl2N5O/c1-3-7-24-8-10-25(11-9-24)18-22-16(21)14(17(26)23(18)2)12-5-4-6-13(19)15(12)20/h4-6H,3,7-11,21H2,1-2H3. The molecule has 0 amide bonds. The summed E-state index contributed by atoms with van der Waals surface area (Å²) in [5, 5.41) is 0.683. The zero-order chi connectivity index (χ0) is 18.8. The van der Waals surface area contributed by atoms with E-state index in [0.717, 1.165) is 39.1 Å².